The van der Waals surface area contributed by atoms with Crippen LogP contribution in [0.4, 0.5) is 5.69 Å². The minimum Gasteiger partial charge on any atom is -0.490 e. The maximum Gasteiger partial charge on any atom is 0.224 e. The molecule has 0 bridgehead atoms. The second-order valence-electron chi connectivity index (χ2n) is 5.63. The zero-order valence-corrected chi connectivity index (χ0v) is 11.9. The average Bonchev–Trinajstić information content (AvgIpc) is 2.47. The molecule has 1 N–H and O–H groups in total. The predicted octanol–water partition coefficient (Wildman–Crippen LogP) is 2.91. The van der Waals surface area contributed by atoms with Crippen molar-refractivity contribution in [3.05, 3.63) is 23.8 Å². The number of fused-ring (bicyclic) bond motifs is 1. The normalized spacial score (nSPS) is 25.8. The molecule has 1 aliphatic heterocycles. The van der Waals surface area contributed by atoms with Crippen molar-refractivity contribution in [1.82, 2.24) is 0 Å². The first-order valence-electron chi connectivity index (χ1n) is 7.37. The first-order chi connectivity index (χ1) is 9.74. The van der Waals surface area contributed by atoms with E-state index in [0.717, 1.165) is 43.5 Å². The fourth-order valence-corrected chi connectivity index (χ4v) is 3.04. The van der Waals surface area contributed by atoms with Crippen LogP contribution in [0.25, 0.3) is 0 Å². The number of hydrogen-bond donors (Lipinski definition) is 1. The van der Waals surface area contributed by atoms with E-state index in [0.29, 0.717) is 12.5 Å². The Kier molecular flexibility index (Phi) is 3.92. The zero-order chi connectivity index (χ0) is 13.9. The first-order valence-corrected chi connectivity index (χ1v) is 7.37. The molecule has 0 spiro atoms. The molecule has 0 radical (unpaired) electrons. The molecule has 20 heavy (non-hydrogen) atoms. The van der Waals surface area contributed by atoms with Gasteiger partial charge in [-0.05, 0) is 37.3 Å². The minimum absolute atomic E-state index is 0.0896. The monoisotopic (exact) mass is 275 g/mol. The third kappa shape index (κ3) is 2.96. The number of aryl methyl sites for hydroxylation is 1. The number of nitrogens with one attached hydrogen (secondary N) is 1. The van der Waals surface area contributed by atoms with Crippen molar-refractivity contribution in [2.45, 2.75) is 50.7 Å². The predicted molar refractivity (Wildman–Crippen MR) is 77.1 cm³/mol. The van der Waals surface area contributed by atoms with Gasteiger partial charge in [-0.1, -0.05) is 6.07 Å². The van der Waals surface area contributed by atoms with E-state index in [1.165, 1.54) is 5.56 Å². The molecular formula is C16H21NO3. The second-order valence-corrected chi connectivity index (χ2v) is 5.63. The highest BCUT2D eigenvalue weighted by Gasteiger charge is 2.23. The Hall–Kier alpha value is -1.55. The van der Waals surface area contributed by atoms with E-state index >= 15 is 0 Å². The molecule has 3 rings (SSSR count). The molecule has 1 heterocycles. The van der Waals surface area contributed by atoms with Crippen molar-refractivity contribution in [2.75, 3.05) is 12.4 Å². The number of benzene rings is 1. The number of hydrogen-bond acceptors (Lipinski definition) is 3. The van der Waals surface area contributed by atoms with Crippen LogP contribution in [0.5, 0.6) is 5.75 Å². The van der Waals surface area contributed by atoms with Crippen LogP contribution in [-0.2, 0) is 16.0 Å². The minimum atomic E-state index is 0.0896. The van der Waals surface area contributed by atoms with Crippen molar-refractivity contribution in [1.29, 1.82) is 0 Å². The smallest absolute Gasteiger partial charge is 0.224 e. The number of ether oxygens (including phenoxy) is 2. The summed E-state index contributed by atoms with van der Waals surface area (Å²) in [5.41, 5.74) is 2.09. The number of rotatable bonds is 3. The molecule has 2 unspecified atom stereocenters. The van der Waals surface area contributed by atoms with Gasteiger partial charge in [0.25, 0.3) is 0 Å². The quantitative estimate of drug-likeness (QED) is 0.922. The van der Waals surface area contributed by atoms with Crippen LogP contribution in [0.1, 0.15) is 37.7 Å². The summed E-state index contributed by atoms with van der Waals surface area (Å²) in [6, 6.07) is 6.01. The lowest BCUT2D eigenvalue weighted by Crippen LogP contribution is -2.29. The van der Waals surface area contributed by atoms with E-state index in [1.54, 1.807) is 7.11 Å². The SMILES string of the molecule is COC1CCCC(Oc2ccc3c(c2)NC(=O)CC3)C1. The Labute approximate surface area is 119 Å². The van der Waals surface area contributed by atoms with Gasteiger partial charge in [0.2, 0.25) is 5.91 Å². The molecular weight excluding hydrogens is 254 g/mol. The van der Waals surface area contributed by atoms with Crippen LogP contribution in [-0.4, -0.2) is 25.2 Å². The molecule has 4 heteroatoms. The van der Waals surface area contributed by atoms with E-state index in [2.05, 4.69) is 11.4 Å². The van der Waals surface area contributed by atoms with Crippen molar-refractivity contribution in [3.8, 4) is 5.75 Å². The topological polar surface area (TPSA) is 47.6 Å². The Bertz CT molecular complexity index is 500. The Morgan fingerprint density at radius 1 is 1.20 bits per heavy atom. The zero-order valence-electron chi connectivity index (χ0n) is 11.9. The molecule has 2 aliphatic rings. The molecule has 1 saturated carbocycles. The van der Waals surface area contributed by atoms with E-state index in [9.17, 15) is 4.79 Å². The van der Waals surface area contributed by atoms with Gasteiger partial charge >= 0.3 is 0 Å². The second kappa shape index (κ2) is 5.83. The summed E-state index contributed by atoms with van der Waals surface area (Å²) >= 11 is 0. The summed E-state index contributed by atoms with van der Waals surface area (Å²) in [5, 5.41) is 2.91. The number of carbonyl (C=O) groups excluding carboxylic acids is 1. The number of anilines is 1. The fraction of sp³-hybridized carbons (Fsp3) is 0.562. The van der Waals surface area contributed by atoms with E-state index < -0.39 is 0 Å². The third-order valence-electron chi connectivity index (χ3n) is 4.19. The standard InChI is InChI=1S/C16H21NO3/c1-19-12-3-2-4-13(9-12)20-14-7-5-11-6-8-16(18)17-15(11)10-14/h5,7,10,12-13H,2-4,6,8-9H2,1H3,(H,17,18). The largest absolute Gasteiger partial charge is 0.490 e. The maximum atomic E-state index is 11.4. The first kappa shape index (κ1) is 13.4. The Balaban J connectivity index is 1.68. The lowest BCUT2D eigenvalue weighted by Gasteiger charge is -2.29. The average molecular weight is 275 g/mol. The van der Waals surface area contributed by atoms with Crippen molar-refractivity contribution < 1.29 is 14.3 Å². The van der Waals surface area contributed by atoms with Gasteiger partial charge in [-0.15, -0.1) is 0 Å². The van der Waals surface area contributed by atoms with Crippen LogP contribution < -0.4 is 10.1 Å². The van der Waals surface area contributed by atoms with E-state index in [4.69, 9.17) is 9.47 Å². The summed E-state index contributed by atoms with van der Waals surface area (Å²) in [6.07, 6.45) is 6.20. The summed E-state index contributed by atoms with van der Waals surface area (Å²) in [7, 11) is 1.77. The van der Waals surface area contributed by atoms with Crippen LogP contribution in [0.3, 0.4) is 0 Å². The third-order valence-corrected chi connectivity index (χ3v) is 4.19. The lowest BCUT2D eigenvalue weighted by atomic mass is 9.95. The Morgan fingerprint density at radius 2 is 2.05 bits per heavy atom. The summed E-state index contributed by atoms with van der Waals surface area (Å²) < 4.78 is 11.5. The Morgan fingerprint density at radius 3 is 2.90 bits per heavy atom. The fourth-order valence-electron chi connectivity index (χ4n) is 3.04. The number of amides is 1. The van der Waals surface area contributed by atoms with Gasteiger partial charge in [0.1, 0.15) is 11.9 Å². The van der Waals surface area contributed by atoms with Gasteiger partial charge < -0.3 is 14.8 Å². The maximum absolute atomic E-state index is 11.4. The number of methoxy groups -OCH3 is 1. The van der Waals surface area contributed by atoms with Crippen molar-refractivity contribution in [2.24, 2.45) is 0 Å². The molecule has 1 amide bonds. The molecule has 108 valence electrons. The summed E-state index contributed by atoms with van der Waals surface area (Å²) in [6.45, 7) is 0. The molecule has 4 nitrogen and oxygen atoms in total. The highest BCUT2D eigenvalue weighted by molar-refractivity contribution is 5.94. The van der Waals surface area contributed by atoms with E-state index in [-0.39, 0.29) is 12.0 Å². The van der Waals surface area contributed by atoms with Gasteiger partial charge in [0.15, 0.2) is 0 Å². The highest BCUT2D eigenvalue weighted by atomic mass is 16.5. The van der Waals surface area contributed by atoms with Gasteiger partial charge in [0.05, 0.1) is 6.10 Å². The molecule has 1 aliphatic carbocycles. The lowest BCUT2D eigenvalue weighted by molar-refractivity contribution is -0.116. The van der Waals surface area contributed by atoms with Crippen LogP contribution in [0.15, 0.2) is 18.2 Å². The number of carbonyl (C=O) groups is 1. The van der Waals surface area contributed by atoms with Crippen LogP contribution in [0.2, 0.25) is 0 Å². The molecule has 2 atom stereocenters. The van der Waals surface area contributed by atoms with Crippen molar-refractivity contribution >= 4 is 11.6 Å². The summed E-state index contributed by atoms with van der Waals surface area (Å²) in [4.78, 5) is 11.4. The molecule has 1 fully saturated rings. The summed E-state index contributed by atoms with van der Waals surface area (Å²) in [5.74, 6) is 0.930. The highest BCUT2D eigenvalue weighted by Crippen LogP contribution is 2.30. The van der Waals surface area contributed by atoms with Gasteiger partial charge in [0, 0.05) is 31.7 Å². The van der Waals surface area contributed by atoms with Crippen LogP contribution in [0, 0.1) is 0 Å². The van der Waals surface area contributed by atoms with Crippen LogP contribution >= 0.6 is 0 Å². The van der Waals surface area contributed by atoms with Gasteiger partial charge in [-0.25, -0.2) is 0 Å². The molecule has 1 aromatic carbocycles. The molecule has 1 aromatic rings. The molecule has 0 aromatic heterocycles. The van der Waals surface area contributed by atoms with Crippen molar-refractivity contribution in [3.63, 3.8) is 0 Å². The van der Waals surface area contributed by atoms with E-state index in [1.807, 2.05) is 12.1 Å². The van der Waals surface area contributed by atoms with Gasteiger partial charge in [-0.3, -0.25) is 4.79 Å². The molecule has 0 saturated heterocycles. The van der Waals surface area contributed by atoms with Gasteiger partial charge in [-0.2, -0.15) is 0 Å².